The number of hydrogen-bond acceptors (Lipinski definition) is 6. The van der Waals surface area contributed by atoms with Crippen molar-refractivity contribution in [1.29, 1.82) is 0 Å². The second-order valence-corrected chi connectivity index (χ2v) is 3.13. The number of ether oxygens (including phenoxy) is 1. The Labute approximate surface area is 88.4 Å². The van der Waals surface area contributed by atoms with Gasteiger partial charge in [-0.3, -0.25) is 0 Å². The van der Waals surface area contributed by atoms with E-state index >= 15 is 0 Å². The van der Waals surface area contributed by atoms with Gasteiger partial charge in [0.25, 0.3) is 0 Å². The molecule has 0 fully saturated rings. The van der Waals surface area contributed by atoms with E-state index in [1.807, 2.05) is 13.8 Å². The molecule has 1 rings (SSSR count). The van der Waals surface area contributed by atoms with Gasteiger partial charge in [-0.2, -0.15) is 4.98 Å². The first-order valence-electron chi connectivity index (χ1n) is 5.04. The summed E-state index contributed by atoms with van der Waals surface area (Å²) in [5.74, 6) is 0.726. The van der Waals surface area contributed by atoms with E-state index in [1.54, 1.807) is 0 Å². The third kappa shape index (κ3) is 2.98. The molecule has 0 saturated carbocycles. The Kier molecular flexibility index (Phi) is 4.67. The number of nitrogens with two attached hydrogens (primary N) is 1. The molecule has 0 radical (unpaired) electrons. The van der Waals surface area contributed by atoms with Gasteiger partial charge in [-0.05, 0) is 13.3 Å². The van der Waals surface area contributed by atoms with Crippen LogP contribution in [-0.2, 0) is 4.74 Å². The molecule has 0 aliphatic heterocycles. The molecule has 0 aliphatic carbocycles. The van der Waals surface area contributed by atoms with Gasteiger partial charge in [0.15, 0.2) is 0 Å². The first-order valence-corrected chi connectivity index (χ1v) is 5.04. The lowest BCUT2D eigenvalue weighted by Crippen LogP contribution is -2.15. The first-order chi connectivity index (χ1) is 7.22. The van der Waals surface area contributed by atoms with Crippen molar-refractivity contribution in [3.63, 3.8) is 0 Å². The van der Waals surface area contributed by atoms with Gasteiger partial charge in [0.05, 0.1) is 6.61 Å². The first kappa shape index (κ1) is 12.1. The van der Waals surface area contributed by atoms with E-state index in [2.05, 4.69) is 10.1 Å². The minimum Gasteiger partial charge on any atom is -0.394 e. The van der Waals surface area contributed by atoms with Crippen molar-refractivity contribution in [3.05, 3.63) is 11.7 Å². The lowest BCUT2D eigenvalue weighted by molar-refractivity contribution is 0.0518. The zero-order valence-electron chi connectivity index (χ0n) is 9.01. The average Bonchev–Trinajstić information content (AvgIpc) is 2.73. The molecule has 1 unspecified atom stereocenters. The average molecular weight is 215 g/mol. The fourth-order valence-electron chi connectivity index (χ4n) is 1.18. The molecule has 3 N–H and O–H groups in total. The quantitative estimate of drug-likeness (QED) is 0.719. The van der Waals surface area contributed by atoms with Crippen LogP contribution in [0.25, 0.3) is 0 Å². The molecule has 86 valence electrons. The molecule has 6 nitrogen and oxygen atoms in total. The predicted octanol–water partition coefficient (Wildman–Crippen LogP) is 0.549. The number of hydrogen-bond donors (Lipinski definition) is 2. The number of aromatic nitrogens is 2. The number of aliphatic hydroxyl groups excluding tert-OH is 1. The lowest BCUT2D eigenvalue weighted by Gasteiger charge is -2.09. The Hall–Kier alpha value is -0.980. The van der Waals surface area contributed by atoms with Gasteiger partial charge in [-0.15, -0.1) is 0 Å². The molecule has 6 heteroatoms. The van der Waals surface area contributed by atoms with Crippen molar-refractivity contribution in [2.24, 2.45) is 5.73 Å². The van der Waals surface area contributed by atoms with Crippen LogP contribution in [0.1, 0.15) is 44.1 Å². The van der Waals surface area contributed by atoms with Crippen molar-refractivity contribution in [2.75, 3.05) is 13.2 Å². The highest BCUT2D eigenvalue weighted by atomic mass is 16.5. The standard InChI is InChI=1S/C9H17N3O3/c1-3-7(14-4-2)8-11-9(15-12-8)6(10)5-13/h6-7,13H,3-5,10H2,1-2H3/t6-,7?/m1/s1. The van der Waals surface area contributed by atoms with Crippen molar-refractivity contribution in [3.8, 4) is 0 Å². The highest BCUT2D eigenvalue weighted by Crippen LogP contribution is 2.19. The molecule has 0 amide bonds. The van der Waals surface area contributed by atoms with Gasteiger partial charge in [-0.25, -0.2) is 0 Å². The number of nitrogens with zero attached hydrogens (tertiary/aromatic N) is 2. The third-order valence-corrected chi connectivity index (χ3v) is 2.00. The van der Waals surface area contributed by atoms with E-state index in [4.69, 9.17) is 20.1 Å². The molecule has 2 atom stereocenters. The summed E-state index contributed by atoms with van der Waals surface area (Å²) in [6.07, 6.45) is 0.597. The minimum atomic E-state index is -0.620. The Morgan fingerprint density at radius 3 is 2.80 bits per heavy atom. The van der Waals surface area contributed by atoms with Crippen LogP contribution in [0.4, 0.5) is 0 Å². The normalized spacial score (nSPS) is 15.2. The summed E-state index contributed by atoms with van der Waals surface area (Å²) < 4.78 is 10.3. The Bertz CT molecular complexity index is 290. The van der Waals surface area contributed by atoms with Crippen molar-refractivity contribution < 1.29 is 14.4 Å². The van der Waals surface area contributed by atoms with Gasteiger partial charge >= 0.3 is 0 Å². The zero-order chi connectivity index (χ0) is 11.3. The Morgan fingerprint density at radius 2 is 2.27 bits per heavy atom. The van der Waals surface area contributed by atoms with E-state index in [0.717, 1.165) is 6.42 Å². The van der Waals surface area contributed by atoms with E-state index in [9.17, 15) is 0 Å². The molecule has 0 bridgehead atoms. The summed E-state index contributed by atoms with van der Waals surface area (Å²) in [5.41, 5.74) is 5.54. The van der Waals surface area contributed by atoms with Crippen LogP contribution >= 0.6 is 0 Å². The number of rotatable bonds is 6. The fourth-order valence-corrected chi connectivity index (χ4v) is 1.18. The van der Waals surface area contributed by atoms with Gasteiger partial charge in [0.1, 0.15) is 12.1 Å². The zero-order valence-corrected chi connectivity index (χ0v) is 9.01. The summed E-state index contributed by atoms with van der Waals surface area (Å²) in [6.45, 7) is 4.26. The molecule has 15 heavy (non-hydrogen) atoms. The lowest BCUT2D eigenvalue weighted by atomic mass is 10.2. The van der Waals surface area contributed by atoms with E-state index < -0.39 is 6.04 Å². The smallest absolute Gasteiger partial charge is 0.246 e. The number of aliphatic hydroxyl groups is 1. The van der Waals surface area contributed by atoms with E-state index in [1.165, 1.54) is 0 Å². The van der Waals surface area contributed by atoms with Crippen LogP contribution in [0.3, 0.4) is 0 Å². The predicted molar refractivity (Wildman–Crippen MR) is 53.0 cm³/mol. The largest absolute Gasteiger partial charge is 0.394 e. The Balaban J connectivity index is 2.72. The molecule has 0 saturated heterocycles. The van der Waals surface area contributed by atoms with E-state index in [0.29, 0.717) is 12.4 Å². The SMILES string of the molecule is CCOC(CC)c1noc([C@H](N)CO)n1. The summed E-state index contributed by atoms with van der Waals surface area (Å²) in [6, 6.07) is -0.620. The second kappa shape index (κ2) is 5.79. The van der Waals surface area contributed by atoms with Crippen LogP contribution in [0.2, 0.25) is 0 Å². The maximum Gasteiger partial charge on any atom is 0.246 e. The summed E-state index contributed by atoms with van der Waals surface area (Å²) in [4.78, 5) is 4.08. The van der Waals surface area contributed by atoms with Crippen LogP contribution in [-0.4, -0.2) is 28.5 Å². The fraction of sp³-hybridized carbons (Fsp3) is 0.778. The van der Waals surface area contributed by atoms with Gasteiger partial charge in [-0.1, -0.05) is 12.1 Å². The summed E-state index contributed by atoms with van der Waals surface area (Å²) >= 11 is 0. The van der Waals surface area contributed by atoms with Gasteiger partial charge in [0.2, 0.25) is 11.7 Å². The molecule has 0 aliphatic rings. The minimum absolute atomic E-state index is 0.168. The molecule has 1 aromatic rings. The van der Waals surface area contributed by atoms with Crippen molar-refractivity contribution >= 4 is 0 Å². The van der Waals surface area contributed by atoms with Crippen molar-refractivity contribution in [1.82, 2.24) is 10.1 Å². The second-order valence-electron chi connectivity index (χ2n) is 3.13. The molecule has 0 aromatic carbocycles. The highest BCUT2D eigenvalue weighted by molar-refractivity contribution is 4.94. The molecular weight excluding hydrogens is 198 g/mol. The van der Waals surface area contributed by atoms with E-state index in [-0.39, 0.29) is 18.6 Å². The van der Waals surface area contributed by atoms with Crippen LogP contribution < -0.4 is 5.73 Å². The molecule has 0 spiro atoms. The summed E-state index contributed by atoms with van der Waals surface area (Å²) in [5, 5.41) is 12.6. The van der Waals surface area contributed by atoms with Crippen molar-refractivity contribution in [2.45, 2.75) is 32.4 Å². The van der Waals surface area contributed by atoms with Crippen LogP contribution in [0, 0.1) is 0 Å². The molecular formula is C9H17N3O3. The Morgan fingerprint density at radius 1 is 1.53 bits per heavy atom. The summed E-state index contributed by atoms with van der Waals surface area (Å²) in [7, 11) is 0. The maximum absolute atomic E-state index is 8.81. The third-order valence-electron chi connectivity index (χ3n) is 2.00. The van der Waals surface area contributed by atoms with Gasteiger partial charge < -0.3 is 20.1 Å². The topological polar surface area (TPSA) is 94.4 Å². The monoisotopic (exact) mass is 215 g/mol. The maximum atomic E-state index is 8.81. The molecule has 1 heterocycles. The highest BCUT2D eigenvalue weighted by Gasteiger charge is 2.19. The van der Waals surface area contributed by atoms with Gasteiger partial charge in [0, 0.05) is 6.61 Å². The van der Waals surface area contributed by atoms with Crippen LogP contribution in [0.15, 0.2) is 4.52 Å². The van der Waals surface area contributed by atoms with Crippen LogP contribution in [0.5, 0.6) is 0 Å². The molecule has 1 aromatic heterocycles.